The number of thioether (sulfide) groups is 1. The van der Waals surface area contributed by atoms with Crippen LogP contribution in [0.2, 0.25) is 0 Å². The Labute approximate surface area is 60.3 Å². The minimum absolute atomic E-state index is 0.708. The molecule has 0 aromatic carbocycles. The van der Waals surface area contributed by atoms with Crippen molar-refractivity contribution in [2.75, 3.05) is 27.2 Å². The predicted octanol–water partition coefficient (Wildman–Crippen LogP) is 0.692. The lowest BCUT2D eigenvalue weighted by molar-refractivity contribution is 0.410. The van der Waals surface area contributed by atoms with E-state index in [-0.39, 0.29) is 0 Å². The van der Waals surface area contributed by atoms with Crippen molar-refractivity contribution < 1.29 is 0 Å². The van der Waals surface area contributed by atoms with Gasteiger partial charge in [0.15, 0.2) is 0 Å². The number of nitrogens with zero attached hydrogens (tertiary/aromatic N) is 2. The van der Waals surface area contributed by atoms with Crippen molar-refractivity contribution in [3.63, 3.8) is 0 Å². The van der Waals surface area contributed by atoms with Gasteiger partial charge in [-0.15, -0.1) is 11.8 Å². The second-order valence-corrected chi connectivity index (χ2v) is 3.64. The molecule has 0 fully saturated rings. The van der Waals surface area contributed by atoms with Crippen LogP contribution in [0.25, 0.3) is 0 Å². The first-order valence-electron chi connectivity index (χ1n) is 3.07. The Hall–Kier alpha value is -0.0200. The molecule has 0 aliphatic carbocycles. The topological polar surface area (TPSA) is 15.6 Å². The second-order valence-electron chi connectivity index (χ2n) is 2.49. The highest BCUT2D eigenvalue weighted by atomic mass is 32.2. The van der Waals surface area contributed by atoms with Crippen molar-refractivity contribution in [3.05, 3.63) is 0 Å². The second kappa shape index (κ2) is 3.22. The molecule has 1 aliphatic heterocycles. The zero-order chi connectivity index (χ0) is 6.69. The molecule has 9 heavy (non-hydrogen) atoms. The van der Waals surface area contributed by atoms with Crippen LogP contribution in [0.3, 0.4) is 0 Å². The highest BCUT2D eigenvalue weighted by molar-refractivity contribution is 8.12. The molecule has 3 heteroatoms. The van der Waals surface area contributed by atoms with Crippen LogP contribution in [-0.4, -0.2) is 42.9 Å². The Kier molecular flexibility index (Phi) is 2.54. The van der Waals surface area contributed by atoms with E-state index in [9.17, 15) is 0 Å². The summed E-state index contributed by atoms with van der Waals surface area (Å²) in [5.74, 6) is 0. The van der Waals surface area contributed by atoms with Gasteiger partial charge in [-0.1, -0.05) is 0 Å². The van der Waals surface area contributed by atoms with E-state index < -0.39 is 0 Å². The monoisotopic (exact) mass is 144 g/mol. The van der Waals surface area contributed by atoms with Crippen LogP contribution in [0.15, 0.2) is 4.99 Å². The summed E-state index contributed by atoms with van der Waals surface area (Å²) in [6.07, 6.45) is 0. The fraction of sp³-hybridized carbons (Fsp3) is 0.833. The fourth-order valence-electron chi connectivity index (χ4n) is 0.841. The zero-order valence-corrected chi connectivity index (χ0v) is 6.69. The largest absolute Gasteiger partial charge is 0.308 e. The standard InChI is InChI=1S/C6H12N2S/c1-8(2)4-6-3-7-5-9-6/h5-6H,3-4H2,1-2H3. The SMILES string of the molecule is CN(C)CC1CN=CS1. The Bertz CT molecular complexity index is 104. The number of rotatable bonds is 2. The summed E-state index contributed by atoms with van der Waals surface area (Å²) in [4.78, 5) is 6.33. The van der Waals surface area contributed by atoms with Crippen LogP contribution in [-0.2, 0) is 0 Å². The van der Waals surface area contributed by atoms with E-state index in [2.05, 4.69) is 24.0 Å². The van der Waals surface area contributed by atoms with Gasteiger partial charge in [0.05, 0.1) is 12.1 Å². The first kappa shape index (κ1) is 7.09. The normalized spacial score (nSPS) is 25.9. The van der Waals surface area contributed by atoms with Gasteiger partial charge in [-0.05, 0) is 14.1 Å². The zero-order valence-electron chi connectivity index (χ0n) is 5.87. The lowest BCUT2D eigenvalue weighted by Gasteiger charge is -2.12. The lowest BCUT2D eigenvalue weighted by Crippen LogP contribution is -2.23. The van der Waals surface area contributed by atoms with E-state index in [0.29, 0.717) is 5.25 Å². The number of aliphatic imine (C=N–C) groups is 1. The fourth-order valence-corrected chi connectivity index (χ4v) is 1.74. The van der Waals surface area contributed by atoms with Gasteiger partial charge < -0.3 is 4.90 Å². The highest BCUT2D eigenvalue weighted by Gasteiger charge is 2.11. The Morgan fingerprint density at radius 1 is 1.78 bits per heavy atom. The van der Waals surface area contributed by atoms with E-state index in [1.165, 1.54) is 0 Å². The van der Waals surface area contributed by atoms with Crippen LogP contribution in [0.1, 0.15) is 0 Å². The molecule has 0 saturated heterocycles. The molecule has 2 nitrogen and oxygen atoms in total. The minimum atomic E-state index is 0.708. The van der Waals surface area contributed by atoms with Gasteiger partial charge in [0.1, 0.15) is 0 Å². The molecule has 0 aromatic heterocycles. The quantitative estimate of drug-likeness (QED) is 0.566. The van der Waals surface area contributed by atoms with Crippen molar-refractivity contribution in [2.24, 2.45) is 4.99 Å². The van der Waals surface area contributed by atoms with E-state index in [1.54, 1.807) is 0 Å². The summed E-state index contributed by atoms with van der Waals surface area (Å²) in [6.45, 7) is 2.15. The molecule has 1 aliphatic rings. The molecule has 0 spiro atoms. The number of hydrogen-bond donors (Lipinski definition) is 0. The van der Waals surface area contributed by atoms with Gasteiger partial charge >= 0.3 is 0 Å². The molecule has 0 aromatic rings. The van der Waals surface area contributed by atoms with Gasteiger partial charge in [0, 0.05) is 11.8 Å². The number of hydrogen-bond acceptors (Lipinski definition) is 3. The first-order valence-corrected chi connectivity index (χ1v) is 4.02. The Balaban J connectivity index is 2.14. The van der Waals surface area contributed by atoms with Crippen molar-refractivity contribution in [1.82, 2.24) is 4.90 Å². The van der Waals surface area contributed by atoms with Crippen LogP contribution >= 0.6 is 11.8 Å². The molecule has 1 heterocycles. The Morgan fingerprint density at radius 2 is 2.56 bits per heavy atom. The van der Waals surface area contributed by atoms with Crippen molar-refractivity contribution in [2.45, 2.75) is 5.25 Å². The maximum absolute atomic E-state index is 4.13. The van der Waals surface area contributed by atoms with E-state index in [4.69, 9.17) is 0 Å². The van der Waals surface area contributed by atoms with Crippen molar-refractivity contribution >= 4 is 17.3 Å². The maximum atomic E-state index is 4.13. The molecular weight excluding hydrogens is 132 g/mol. The van der Waals surface area contributed by atoms with Crippen LogP contribution < -0.4 is 0 Å². The summed E-state index contributed by atoms with van der Waals surface area (Å²) in [5, 5.41) is 0.708. The average molecular weight is 144 g/mol. The summed E-state index contributed by atoms with van der Waals surface area (Å²) in [5.41, 5.74) is 1.95. The molecule has 0 N–H and O–H groups in total. The van der Waals surface area contributed by atoms with Crippen molar-refractivity contribution in [3.8, 4) is 0 Å². The molecular formula is C6H12N2S. The van der Waals surface area contributed by atoms with Gasteiger partial charge in [0.2, 0.25) is 0 Å². The Morgan fingerprint density at radius 3 is 3.00 bits per heavy atom. The molecule has 0 bridgehead atoms. The van der Waals surface area contributed by atoms with Crippen LogP contribution in [0.4, 0.5) is 0 Å². The average Bonchev–Trinajstić information content (AvgIpc) is 2.15. The highest BCUT2D eigenvalue weighted by Crippen LogP contribution is 2.14. The van der Waals surface area contributed by atoms with Gasteiger partial charge in [-0.3, -0.25) is 4.99 Å². The molecule has 1 unspecified atom stereocenters. The summed E-state index contributed by atoms with van der Waals surface area (Å²) >= 11 is 1.84. The molecule has 1 atom stereocenters. The predicted molar refractivity (Wildman–Crippen MR) is 43.3 cm³/mol. The van der Waals surface area contributed by atoms with E-state index in [0.717, 1.165) is 13.1 Å². The van der Waals surface area contributed by atoms with E-state index in [1.807, 2.05) is 17.3 Å². The first-order chi connectivity index (χ1) is 4.29. The maximum Gasteiger partial charge on any atom is 0.0545 e. The third-order valence-electron chi connectivity index (χ3n) is 1.21. The molecule has 0 saturated carbocycles. The molecule has 1 rings (SSSR count). The van der Waals surface area contributed by atoms with Crippen LogP contribution in [0, 0.1) is 0 Å². The smallest absolute Gasteiger partial charge is 0.0545 e. The molecule has 52 valence electrons. The summed E-state index contributed by atoms with van der Waals surface area (Å²) < 4.78 is 0. The third kappa shape index (κ3) is 2.37. The molecule has 0 amide bonds. The third-order valence-corrected chi connectivity index (χ3v) is 2.16. The lowest BCUT2D eigenvalue weighted by atomic mass is 10.4. The molecule has 0 radical (unpaired) electrons. The summed E-state index contributed by atoms with van der Waals surface area (Å²) in [6, 6.07) is 0. The minimum Gasteiger partial charge on any atom is -0.308 e. The summed E-state index contributed by atoms with van der Waals surface area (Å²) in [7, 11) is 4.19. The van der Waals surface area contributed by atoms with Gasteiger partial charge in [0.25, 0.3) is 0 Å². The van der Waals surface area contributed by atoms with Crippen molar-refractivity contribution in [1.29, 1.82) is 0 Å². The van der Waals surface area contributed by atoms with Gasteiger partial charge in [-0.2, -0.15) is 0 Å². The van der Waals surface area contributed by atoms with Crippen LogP contribution in [0.5, 0.6) is 0 Å². The van der Waals surface area contributed by atoms with E-state index >= 15 is 0 Å². The van der Waals surface area contributed by atoms with Gasteiger partial charge in [-0.25, -0.2) is 0 Å².